The molecule has 2 fully saturated rings. The Balaban J connectivity index is 1.34. The van der Waals surface area contributed by atoms with E-state index in [4.69, 9.17) is 0 Å². The van der Waals surface area contributed by atoms with Crippen molar-refractivity contribution < 1.29 is 4.79 Å². The largest absolute Gasteiger partial charge is 0.342 e. The van der Waals surface area contributed by atoms with Gasteiger partial charge in [-0.1, -0.05) is 24.1 Å². The first-order valence-corrected chi connectivity index (χ1v) is 11.6. The van der Waals surface area contributed by atoms with E-state index in [2.05, 4.69) is 21.8 Å². The molecule has 0 unspecified atom stereocenters. The highest BCUT2D eigenvalue weighted by Gasteiger charge is 2.46. The number of nitrogens with zero attached hydrogens (tertiary/aromatic N) is 4. The molecule has 0 aromatic carbocycles. The highest BCUT2D eigenvalue weighted by Crippen LogP contribution is 2.45. The van der Waals surface area contributed by atoms with Crippen LogP contribution in [0.4, 0.5) is 0 Å². The molecule has 3 aromatic rings. The Labute approximate surface area is 170 Å². The van der Waals surface area contributed by atoms with E-state index in [1.807, 2.05) is 22.4 Å². The van der Waals surface area contributed by atoms with Gasteiger partial charge in [0.05, 0.1) is 11.5 Å². The lowest BCUT2D eigenvalue weighted by atomic mass is 9.82. The van der Waals surface area contributed by atoms with Crippen molar-refractivity contribution in [3.05, 3.63) is 44.2 Å². The number of carbonyl (C=O) groups is 1. The van der Waals surface area contributed by atoms with Gasteiger partial charge in [0.2, 0.25) is 5.91 Å². The van der Waals surface area contributed by atoms with Crippen LogP contribution >= 0.6 is 22.7 Å². The van der Waals surface area contributed by atoms with Gasteiger partial charge in [-0.3, -0.25) is 9.59 Å². The summed E-state index contributed by atoms with van der Waals surface area (Å²) in [5.41, 5.74) is 0.279. The van der Waals surface area contributed by atoms with Crippen molar-refractivity contribution in [2.75, 3.05) is 13.1 Å². The summed E-state index contributed by atoms with van der Waals surface area (Å²) in [6.45, 7) is 1.35. The Bertz CT molecular complexity index is 1040. The summed E-state index contributed by atoms with van der Waals surface area (Å²) in [5.74, 6) is 0.276. The Kier molecular flexibility index (Phi) is 4.55. The third kappa shape index (κ3) is 2.81. The normalized spacial score (nSPS) is 20.1. The number of amides is 1. The molecule has 0 N–H and O–H groups in total. The van der Waals surface area contributed by atoms with Crippen LogP contribution in [0.5, 0.6) is 0 Å². The second-order valence-corrected chi connectivity index (χ2v) is 9.63. The molecule has 1 aliphatic carbocycles. The lowest BCUT2D eigenvalue weighted by Crippen LogP contribution is -2.49. The van der Waals surface area contributed by atoms with Gasteiger partial charge < -0.3 is 4.90 Å². The molecular weight excluding hydrogens is 392 g/mol. The highest BCUT2D eigenvalue weighted by atomic mass is 32.1. The lowest BCUT2D eigenvalue weighted by Gasteiger charge is -2.38. The zero-order valence-corrected chi connectivity index (χ0v) is 17.2. The predicted molar refractivity (Wildman–Crippen MR) is 111 cm³/mol. The van der Waals surface area contributed by atoms with Crippen molar-refractivity contribution in [2.24, 2.45) is 0 Å². The number of aromatic nitrogens is 3. The summed E-state index contributed by atoms with van der Waals surface area (Å²) in [4.78, 5) is 29.4. The highest BCUT2D eigenvalue weighted by molar-refractivity contribution is 7.17. The molecule has 5 rings (SSSR count). The molecule has 1 amide bonds. The SMILES string of the molecule is O=C(N1CCC(n2nnc3ccsc3c2=O)CC1)C1(c2cccs2)CCCC1. The number of hydrogen-bond donors (Lipinski definition) is 0. The fourth-order valence-corrected chi connectivity index (χ4v) is 6.47. The van der Waals surface area contributed by atoms with Crippen LogP contribution in [0, 0.1) is 0 Å². The van der Waals surface area contributed by atoms with Gasteiger partial charge in [0.1, 0.15) is 10.2 Å². The molecule has 28 heavy (non-hydrogen) atoms. The number of likely N-dealkylation sites (tertiary alicyclic amines) is 1. The number of fused-ring (bicyclic) bond motifs is 1. The molecule has 0 atom stereocenters. The molecule has 146 valence electrons. The summed E-state index contributed by atoms with van der Waals surface area (Å²) >= 11 is 3.12. The van der Waals surface area contributed by atoms with E-state index in [0.29, 0.717) is 23.3 Å². The summed E-state index contributed by atoms with van der Waals surface area (Å²) < 4.78 is 2.20. The van der Waals surface area contributed by atoms with Crippen LogP contribution in [0.1, 0.15) is 49.4 Å². The van der Waals surface area contributed by atoms with Gasteiger partial charge in [-0.2, -0.15) is 0 Å². The molecular formula is C20H22N4O2S2. The molecule has 2 aliphatic rings. The number of thiophene rings is 2. The molecule has 0 radical (unpaired) electrons. The van der Waals surface area contributed by atoms with Crippen LogP contribution in [0.3, 0.4) is 0 Å². The first-order chi connectivity index (χ1) is 13.7. The Morgan fingerprint density at radius 1 is 1.11 bits per heavy atom. The zero-order chi connectivity index (χ0) is 19.1. The Morgan fingerprint density at radius 2 is 1.89 bits per heavy atom. The van der Waals surface area contributed by atoms with Crippen molar-refractivity contribution in [1.29, 1.82) is 0 Å². The van der Waals surface area contributed by atoms with Gasteiger partial charge >= 0.3 is 0 Å². The second-order valence-electron chi connectivity index (χ2n) is 7.76. The van der Waals surface area contributed by atoms with Gasteiger partial charge in [0.25, 0.3) is 5.56 Å². The molecule has 3 aromatic heterocycles. The van der Waals surface area contributed by atoms with E-state index in [0.717, 1.165) is 38.5 Å². The first kappa shape index (κ1) is 18.0. The summed E-state index contributed by atoms with van der Waals surface area (Å²) in [6.07, 6.45) is 5.63. The fourth-order valence-electron chi connectivity index (χ4n) is 4.73. The Hall–Kier alpha value is -2.06. The molecule has 8 heteroatoms. The average molecular weight is 415 g/mol. The summed E-state index contributed by atoms with van der Waals surface area (Å²) in [6, 6.07) is 6.00. The average Bonchev–Trinajstić information content (AvgIpc) is 3.49. The van der Waals surface area contributed by atoms with Gasteiger partial charge in [-0.15, -0.1) is 27.8 Å². The van der Waals surface area contributed by atoms with Crippen LogP contribution in [-0.4, -0.2) is 38.9 Å². The minimum absolute atomic E-state index is 0.0109. The van der Waals surface area contributed by atoms with Crippen molar-refractivity contribution in [1.82, 2.24) is 19.9 Å². The first-order valence-electron chi connectivity index (χ1n) is 9.85. The maximum Gasteiger partial charge on any atom is 0.287 e. The van der Waals surface area contributed by atoms with E-state index in [1.165, 1.54) is 20.9 Å². The topological polar surface area (TPSA) is 68.1 Å². The predicted octanol–water partition coefficient (Wildman–Crippen LogP) is 3.59. The van der Waals surface area contributed by atoms with Crippen LogP contribution in [0.25, 0.3) is 10.2 Å². The number of rotatable bonds is 3. The van der Waals surface area contributed by atoms with Gasteiger partial charge in [0, 0.05) is 18.0 Å². The number of carbonyl (C=O) groups excluding carboxylic acids is 1. The minimum atomic E-state index is -0.326. The van der Waals surface area contributed by atoms with Crippen LogP contribution in [-0.2, 0) is 10.2 Å². The minimum Gasteiger partial charge on any atom is -0.342 e. The molecule has 4 heterocycles. The lowest BCUT2D eigenvalue weighted by molar-refractivity contribution is -0.138. The fraction of sp³-hybridized carbons (Fsp3) is 0.500. The molecule has 1 saturated heterocycles. The van der Waals surface area contributed by atoms with E-state index in [1.54, 1.807) is 11.3 Å². The van der Waals surface area contributed by atoms with Crippen LogP contribution < -0.4 is 5.56 Å². The molecule has 1 aliphatic heterocycles. The third-order valence-electron chi connectivity index (χ3n) is 6.25. The van der Waals surface area contributed by atoms with Crippen molar-refractivity contribution in [3.63, 3.8) is 0 Å². The van der Waals surface area contributed by atoms with Crippen molar-refractivity contribution >= 4 is 38.8 Å². The van der Waals surface area contributed by atoms with Crippen molar-refractivity contribution in [3.8, 4) is 0 Å². The Morgan fingerprint density at radius 3 is 2.61 bits per heavy atom. The van der Waals surface area contributed by atoms with E-state index < -0.39 is 0 Å². The summed E-state index contributed by atoms with van der Waals surface area (Å²) in [5, 5.41) is 12.3. The van der Waals surface area contributed by atoms with Gasteiger partial charge in [0.15, 0.2) is 0 Å². The standard InChI is InChI=1S/C20H22N4O2S2/c25-18-17-15(7-13-28-17)21-22-24(18)14-5-10-23(11-6-14)19(26)20(8-1-2-9-20)16-4-3-12-27-16/h3-4,7,12-14H,1-2,5-6,8-11H2. The quantitative estimate of drug-likeness (QED) is 0.657. The second kappa shape index (κ2) is 7.08. The maximum atomic E-state index is 13.5. The third-order valence-corrected chi connectivity index (χ3v) is 8.22. The van der Waals surface area contributed by atoms with Crippen molar-refractivity contribution in [2.45, 2.75) is 50.0 Å². The van der Waals surface area contributed by atoms with Gasteiger partial charge in [-0.25, -0.2) is 4.68 Å². The monoisotopic (exact) mass is 414 g/mol. The van der Waals surface area contributed by atoms with Gasteiger partial charge in [-0.05, 0) is 48.6 Å². The van der Waals surface area contributed by atoms with E-state index in [-0.39, 0.29) is 22.9 Å². The number of piperidine rings is 1. The molecule has 1 saturated carbocycles. The maximum absolute atomic E-state index is 13.5. The molecule has 0 bridgehead atoms. The van der Waals surface area contributed by atoms with E-state index in [9.17, 15) is 9.59 Å². The van der Waals surface area contributed by atoms with Crippen LogP contribution in [0.2, 0.25) is 0 Å². The number of hydrogen-bond acceptors (Lipinski definition) is 6. The summed E-state index contributed by atoms with van der Waals surface area (Å²) in [7, 11) is 0. The molecule has 0 spiro atoms. The van der Waals surface area contributed by atoms with Crippen LogP contribution in [0.15, 0.2) is 33.8 Å². The smallest absolute Gasteiger partial charge is 0.287 e. The zero-order valence-electron chi connectivity index (χ0n) is 15.5. The molecule has 6 nitrogen and oxygen atoms in total. The van der Waals surface area contributed by atoms with E-state index >= 15 is 0 Å².